The molecule has 0 unspecified atom stereocenters. The molecule has 1 aliphatic heterocycles. The molecule has 2 heteroatoms. The van der Waals surface area contributed by atoms with Gasteiger partial charge in [-0.25, -0.2) is 0 Å². The maximum Gasteiger partial charge on any atom is 0.00229 e. The van der Waals surface area contributed by atoms with Gasteiger partial charge in [0, 0.05) is 5.75 Å². The molecule has 1 aliphatic rings. The Balaban J connectivity index is 2.54. The van der Waals surface area contributed by atoms with Gasteiger partial charge in [-0.2, -0.15) is 0 Å². The summed E-state index contributed by atoms with van der Waals surface area (Å²) in [5, 5.41) is 0. The maximum absolute atomic E-state index is 4.33. The molecule has 0 saturated heterocycles. The quantitative estimate of drug-likeness (QED) is 0.476. The highest BCUT2D eigenvalue weighted by Gasteiger charge is 2.09. The fourth-order valence-electron chi connectivity index (χ4n) is 0.801. The van der Waals surface area contributed by atoms with Crippen LogP contribution in [-0.2, 0) is 0 Å². The smallest absolute Gasteiger partial charge is 0.00229 e. The molecule has 0 N–H and O–H groups in total. The van der Waals surface area contributed by atoms with E-state index in [4.69, 9.17) is 0 Å². The van der Waals surface area contributed by atoms with Crippen molar-refractivity contribution in [1.82, 2.24) is 0 Å². The molecule has 0 spiro atoms. The van der Waals surface area contributed by atoms with Crippen molar-refractivity contribution in [2.24, 2.45) is 0 Å². The van der Waals surface area contributed by atoms with Gasteiger partial charge in [0.05, 0.1) is 0 Å². The summed E-state index contributed by atoms with van der Waals surface area (Å²) in [5.41, 5.74) is 0. The summed E-state index contributed by atoms with van der Waals surface area (Å²) in [6.07, 6.45) is 4.09. The zero-order valence-corrected chi connectivity index (χ0v) is 6.97. The minimum absolute atomic E-state index is 1.00. The Morgan fingerprint density at radius 1 is 1.78 bits per heavy atom. The van der Waals surface area contributed by atoms with E-state index in [0.29, 0.717) is 0 Å². The van der Waals surface area contributed by atoms with Gasteiger partial charge in [0.25, 0.3) is 0 Å². The van der Waals surface area contributed by atoms with E-state index in [2.05, 4.69) is 19.2 Å². The van der Waals surface area contributed by atoms with Crippen LogP contribution >= 0.6 is 24.4 Å². The first-order chi connectivity index (χ1) is 4.34. The molecule has 0 saturated carbocycles. The Morgan fingerprint density at radius 3 is 3.00 bits per heavy atom. The summed E-state index contributed by atoms with van der Waals surface area (Å²) < 4.78 is 0. The number of hydrogen-bond acceptors (Lipinski definition) is 2. The number of allylic oxidation sites excluding steroid dienone is 3. The van der Waals surface area contributed by atoms with E-state index in [1.54, 1.807) is 0 Å². The van der Waals surface area contributed by atoms with E-state index < -0.39 is 0 Å². The average Bonchev–Trinajstić information content (AvgIpc) is 2.18. The van der Waals surface area contributed by atoms with Crippen molar-refractivity contribution in [2.45, 2.75) is 12.8 Å². The van der Waals surface area contributed by atoms with Crippen molar-refractivity contribution in [3.63, 3.8) is 0 Å². The van der Waals surface area contributed by atoms with Crippen LogP contribution in [0.25, 0.3) is 0 Å². The lowest BCUT2D eigenvalue weighted by atomic mass is 10.3. The molecule has 0 aromatic rings. The third kappa shape index (κ3) is 1.80. The first-order valence-corrected chi connectivity index (χ1v) is 4.42. The zero-order chi connectivity index (χ0) is 6.69. The lowest BCUT2D eigenvalue weighted by Gasteiger charge is -1.94. The molecule has 0 bridgehead atoms. The van der Waals surface area contributed by atoms with Crippen LogP contribution < -0.4 is 0 Å². The molecule has 0 amide bonds. The topological polar surface area (TPSA) is 0 Å². The highest BCUT2D eigenvalue weighted by atomic mass is 32.2. The standard InChI is InChI=1S/C7H10S2/c1-2-3-7-6(8)4-5-9-7/h2,8H,1,3-5H2. The van der Waals surface area contributed by atoms with E-state index in [0.717, 1.165) is 12.8 Å². The summed E-state index contributed by atoms with van der Waals surface area (Å²) in [4.78, 5) is 2.67. The molecule has 0 aromatic heterocycles. The molecule has 0 aromatic carbocycles. The predicted molar refractivity (Wildman–Crippen MR) is 47.9 cm³/mol. The van der Waals surface area contributed by atoms with Crippen LogP contribution in [0.1, 0.15) is 12.8 Å². The first kappa shape index (κ1) is 7.29. The van der Waals surface area contributed by atoms with Crippen LogP contribution in [0.3, 0.4) is 0 Å². The maximum atomic E-state index is 4.33. The Labute approximate surface area is 65.8 Å². The van der Waals surface area contributed by atoms with Crippen molar-refractivity contribution in [2.75, 3.05) is 5.75 Å². The SMILES string of the molecule is C=CCC1=C(S)CCS1. The van der Waals surface area contributed by atoms with Crippen LogP contribution in [0.4, 0.5) is 0 Å². The first-order valence-electron chi connectivity index (χ1n) is 2.99. The highest BCUT2D eigenvalue weighted by Crippen LogP contribution is 2.35. The molecule has 0 aliphatic carbocycles. The van der Waals surface area contributed by atoms with E-state index >= 15 is 0 Å². The molecule has 0 fully saturated rings. The van der Waals surface area contributed by atoms with Crippen LogP contribution in [0.15, 0.2) is 22.5 Å². The predicted octanol–water partition coefficient (Wildman–Crippen LogP) is 2.84. The van der Waals surface area contributed by atoms with E-state index in [9.17, 15) is 0 Å². The Morgan fingerprint density at radius 2 is 2.56 bits per heavy atom. The van der Waals surface area contributed by atoms with Gasteiger partial charge in [-0.1, -0.05) is 6.08 Å². The van der Waals surface area contributed by atoms with E-state index in [1.165, 1.54) is 15.6 Å². The summed E-state index contributed by atoms with van der Waals surface area (Å²) >= 11 is 6.24. The second-order valence-electron chi connectivity index (χ2n) is 1.96. The Hall–Kier alpha value is 0.180. The molecule has 50 valence electrons. The second-order valence-corrected chi connectivity index (χ2v) is 3.69. The number of thiol groups is 1. The summed E-state index contributed by atoms with van der Waals surface area (Å²) in [7, 11) is 0. The molecule has 9 heavy (non-hydrogen) atoms. The normalized spacial score (nSPS) is 18.8. The lowest BCUT2D eigenvalue weighted by Crippen LogP contribution is -1.69. The molecule has 1 rings (SSSR count). The summed E-state index contributed by atoms with van der Waals surface area (Å²) in [6, 6.07) is 0. The Kier molecular flexibility index (Phi) is 2.73. The van der Waals surface area contributed by atoms with Gasteiger partial charge in [-0.3, -0.25) is 0 Å². The van der Waals surface area contributed by atoms with Crippen LogP contribution in [0.5, 0.6) is 0 Å². The molecule has 0 nitrogen and oxygen atoms in total. The third-order valence-electron chi connectivity index (χ3n) is 1.27. The van der Waals surface area contributed by atoms with Crippen LogP contribution in [0.2, 0.25) is 0 Å². The van der Waals surface area contributed by atoms with E-state index in [1.807, 2.05) is 17.8 Å². The summed E-state index contributed by atoms with van der Waals surface area (Å²) in [6.45, 7) is 3.68. The highest BCUT2D eigenvalue weighted by molar-refractivity contribution is 8.04. The molecular weight excluding hydrogens is 148 g/mol. The van der Waals surface area contributed by atoms with Gasteiger partial charge in [-0.15, -0.1) is 31.0 Å². The van der Waals surface area contributed by atoms with Crippen molar-refractivity contribution in [3.8, 4) is 0 Å². The van der Waals surface area contributed by atoms with Gasteiger partial charge in [0.2, 0.25) is 0 Å². The van der Waals surface area contributed by atoms with Crippen molar-refractivity contribution in [1.29, 1.82) is 0 Å². The largest absolute Gasteiger partial charge is 0.147 e. The average molecular weight is 158 g/mol. The van der Waals surface area contributed by atoms with Crippen LogP contribution in [-0.4, -0.2) is 5.75 Å². The van der Waals surface area contributed by atoms with Crippen molar-refractivity contribution in [3.05, 3.63) is 22.5 Å². The van der Waals surface area contributed by atoms with Gasteiger partial charge in [0.1, 0.15) is 0 Å². The van der Waals surface area contributed by atoms with Crippen LogP contribution in [0, 0.1) is 0 Å². The molecular formula is C7H10S2. The second kappa shape index (κ2) is 3.37. The number of hydrogen-bond donors (Lipinski definition) is 1. The minimum Gasteiger partial charge on any atom is -0.147 e. The molecule has 0 radical (unpaired) electrons. The van der Waals surface area contributed by atoms with Gasteiger partial charge < -0.3 is 0 Å². The van der Waals surface area contributed by atoms with E-state index in [-0.39, 0.29) is 0 Å². The fraction of sp³-hybridized carbons (Fsp3) is 0.429. The summed E-state index contributed by atoms with van der Waals surface area (Å²) in [5.74, 6) is 1.21. The number of rotatable bonds is 2. The van der Waals surface area contributed by atoms with Gasteiger partial charge in [0.15, 0.2) is 0 Å². The Bertz CT molecular complexity index is 147. The van der Waals surface area contributed by atoms with Gasteiger partial charge in [-0.05, 0) is 22.7 Å². The fourth-order valence-corrected chi connectivity index (χ4v) is 2.41. The molecule has 0 atom stereocenters. The number of thioether (sulfide) groups is 1. The minimum atomic E-state index is 1.00. The van der Waals surface area contributed by atoms with Gasteiger partial charge >= 0.3 is 0 Å². The lowest BCUT2D eigenvalue weighted by molar-refractivity contribution is 1.23. The zero-order valence-electron chi connectivity index (χ0n) is 5.26. The monoisotopic (exact) mass is 158 g/mol. The molecule has 1 heterocycles. The van der Waals surface area contributed by atoms with Crippen molar-refractivity contribution < 1.29 is 0 Å². The van der Waals surface area contributed by atoms with Crippen molar-refractivity contribution >= 4 is 24.4 Å². The third-order valence-corrected chi connectivity index (χ3v) is 3.08.